The number of ether oxygens (including phenoxy) is 1. The van der Waals surface area contributed by atoms with Crippen LogP contribution in [0.15, 0.2) is 66.7 Å². The molecule has 1 heterocycles. The van der Waals surface area contributed by atoms with Gasteiger partial charge in [-0.05, 0) is 29.3 Å². The van der Waals surface area contributed by atoms with E-state index in [9.17, 15) is 13.6 Å². The lowest BCUT2D eigenvalue weighted by molar-refractivity contribution is -0.118. The van der Waals surface area contributed by atoms with Crippen molar-refractivity contribution in [3.63, 3.8) is 0 Å². The Labute approximate surface area is 176 Å². The third-order valence-corrected chi connectivity index (χ3v) is 5.66. The summed E-state index contributed by atoms with van der Waals surface area (Å²) in [6, 6.07) is 18.7. The number of aromatic nitrogens is 1. The average molecular weight is 424 g/mol. The predicted molar refractivity (Wildman–Crippen MR) is 114 cm³/mol. The van der Waals surface area contributed by atoms with Gasteiger partial charge in [0.15, 0.2) is 10.9 Å². The van der Waals surface area contributed by atoms with Gasteiger partial charge >= 0.3 is 0 Å². The molecule has 0 unspecified atom stereocenters. The Balaban J connectivity index is 1.68. The maximum atomic E-state index is 14.2. The minimum Gasteiger partial charge on any atom is -0.497 e. The van der Waals surface area contributed by atoms with E-state index in [1.54, 1.807) is 19.2 Å². The molecule has 0 aliphatic rings. The Morgan fingerprint density at radius 1 is 1.03 bits per heavy atom. The number of nitrogens with zero attached hydrogens (tertiary/aromatic N) is 2. The number of rotatable bonds is 6. The molecule has 0 aliphatic carbocycles. The normalized spacial score (nSPS) is 10.9. The van der Waals surface area contributed by atoms with E-state index in [1.165, 1.54) is 11.0 Å². The zero-order valence-corrected chi connectivity index (χ0v) is 17.0. The van der Waals surface area contributed by atoms with Gasteiger partial charge in [-0.3, -0.25) is 9.69 Å². The lowest BCUT2D eigenvalue weighted by Crippen LogP contribution is -2.31. The molecule has 0 bridgehead atoms. The van der Waals surface area contributed by atoms with E-state index in [1.807, 2.05) is 42.5 Å². The smallest absolute Gasteiger partial charge is 0.233 e. The molecule has 4 rings (SSSR count). The first kappa shape index (κ1) is 20.0. The van der Waals surface area contributed by atoms with Crippen LogP contribution in [-0.4, -0.2) is 18.0 Å². The Morgan fingerprint density at radius 2 is 1.77 bits per heavy atom. The number of carbonyl (C=O) groups excluding carboxylic acids is 1. The van der Waals surface area contributed by atoms with Gasteiger partial charge in [-0.2, -0.15) is 0 Å². The number of thiazole rings is 1. The topological polar surface area (TPSA) is 42.4 Å². The zero-order valence-electron chi connectivity index (χ0n) is 16.1. The molecule has 30 heavy (non-hydrogen) atoms. The molecule has 0 saturated carbocycles. The van der Waals surface area contributed by atoms with Gasteiger partial charge in [0.2, 0.25) is 5.91 Å². The molecule has 0 fully saturated rings. The minimum absolute atomic E-state index is 0.0618. The molecule has 0 aliphatic heterocycles. The monoisotopic (exact) mass is 424 g/mol. The fourth-order valence-corrected chi connectivity index (χ4v) is 4.12. The maximum absolute atomic E-state index is 14.2. The molecule has 0 atom stereocenters. The van der Waals surface area contributed by atoms with E-state index in [0.717, 1.165) is 28.5 Å². The molecule has 3 aromatic carbocycles. The molecule has 4 aromatic rings. The first-order valence-corrected chi connectivity index (χ1v) is 10.1. The van der Waals surface area contributed by atoms with E-state index in [-0.39, 0.29) is 24.4 Å². The van der Waals surface area contributed by atoms with Crippen molar-refractivity contribution in [3.05, 3.63) is 89.5 Å². The highest BCUT2D eigenvalue weighted by Gasteiger charge is 2.22. The van der Waals surface area contributed by atoms with Crippen LogP contribution < -0.4 is 9.64 Å². The number of fused-ring (bicyclic) bond motifs is 1. The number of anilines is 1. The third-order valence-electron chi connectivity index (χ3n) is 4.63. The van der Waals surface area contributed by atoms with Gasteiger partial charge in [0, 0.05) is 6.07 Å². The van der Waals surface area contributed by atoms with E-state index in [4.69, 9.17) is 4.74 Å². The van der Waals surface area contributed by atoms with Crippen molar-refractivity contribution < 1.29 is 18.3 Å². The van der Waals surface area contributed by atoms with Crippen molar-refractivity contribution in [3.8, 4) is 5.75 Å². The van der Waals surface area contributed by atoms with E-state index < -0.39 is 11.6 Å². The summed E-state index contributed by atoms with van der Waals surface area (Å²) in [5.74, 6) is -0.899. The first-order chi connectivity index (χ1) is 14.5. The van der Waals surface area contributed by atoms with Crippen LogP contribution in [0.4, 0.5) is 13.9 Å². The van der Waals surface area contributed by atoms with E-state index in [0.29, 0.717) is 15.6 Å². The summed E-state index contributed by atoms with van der Waals surface area (Å²) in [4.78, 5) is 19.0. The molecular weight excluding hydrogens is 406 g/mol. The summed E-state index contributed by atoms with van der Waals surface area (Å²) < 4.78 is 33.3. The standard InChI is InChI=1S/C23H18F2N2O2S/c1-29-18-9-7-15(8-10-18)11-21(28)27(14-16-5-3-2-4-6-16)23-26-22-19(25)12-17(24)13-20(22)30-23/h2-10,12-13H,11,14H2,1H3. The summed E-state index contributed by atoms with van der Waals surface area (Å²) in [5, 5.41) is 0.330. The second-order valence-corrected chi connectivity index (χ2v) is 7.73. The fourth-order valence-electron chi connectivity index (χ4n) is 3.10. The van der Waals surface area contributed by atoms with Crippen LogP contribution in [0, 0.1) is 11.6 Å². The van der Waals surface area contributed by atoms with Crippen molar-refractivity contribution in [2.24, 2.45) is 0 Å². The highest BCUT2D eigenvalue weighted by atomic mass is 32.1. The number of methoxy groups -OCH3 is 1. The molecule has 152 valence electrons. The molecule has 4 nitrogen and oxygen atoms in total. The van der Waals surface area contributed by atoms with Gasteiger partial charge in [0.1, 0.15) is 17.1 Å². The van der Waals surface area contributed by atoms with Crippen LogP contribution in [0.3, 0.4) is 0 Å². The number of benzene rings is 3. The van der Waals surface area contributed by atoms with Crippen LogP contribution in [0.1, 0.15) is 11.1 Å². The van der Waals surface area contributed by atoms with Crippen LogP contribution in [-0.2, 0) is 17.8 Å². The van der Waals surface area contributed by atoms with Crippen molar-refractivity contribution in [1.29, 1.82) is 0 Å². The largest absolute Gasteiger partial charge is 0.497 e. The summed E-state index contributed by atoms with van der Waals surface area (Å²) in [7, 11) is 1.58. The van der Waals surface area contributed by atoms with Crippen molar-refractivity contribution in [1.82, 2.24) is 4.98 Å². The van der Waals surface area contributed by atoms with Gasteiger partial charge in [-0.25, -0.2) is 13.8 Å². The molecule has 0 N–H and O–H groups in total. The minimum atomic E-state index is -0.741. The second kappa shape index (κ2) is 8.59. The molecule has 1 amide bonds. The van der Waals surface area contributed by atoms with E-state index >= 15 is 0 Å². The Kier molecular flexibility index (Phi) is 5.72. The Hall–Kier alpha value is -3.32. The number of halogens is 2. The molecular formula is C23H18F2N2O2S. The summed E-state index contributed by atoms with van der Waals surface area (Å²) >= 11 is 1.09. The molecule has 7 heteroatoms. The summed E-state index contributed by atoms with van der Waals surface area (Å²) in [6.45, 7) is 0.278. The first-order valence-electron chi connectivity index (χ1n) is 9.26. The van der Waals surface area contributed by atoms with Gasteiger partial charge in [0.25, 0.3) is 0 Å². The van der Waals surface area contributed by atoms with Crippen LogP contribution in [0.25, 0.3) is 10.2 Å². The van der Waals surface area contributed by atoms with Crippen LogP contribution >= 0.6 is 11.3 Å². The van der Waals surface area contributed by atoms with Crippen LogP contribution in [0.5, 0.6) is 5.75 Å². The predicted octanol–water partition coefficient (Wildman–Crippen LogP) is 5.36. The molecule has 1 aromatic heterocycles. The molecule has 0 spiro atoms. The molecule has 0 saturated heterocycles. The third kappa shape index (κ3) is 4.31. The lowest BCUT2D eigenvalue weighted by atomic mass is 10.1. The summed E-state index contributed by atoms with van der Waals surface area (Å²) in [5.41, 5.74) is 1.79. The van der Waals surface area contributed by atoms with E-state index in [2.05, 4.69) is 4.98 Å². The lowest BCUT2D eigenvalue weighted by Gasteiger charge is -2.20. The van der Waals surface area contributed by atoms with Gasteiger partial charge in [-0.1, -0.05) is 53.8 Å². The zero-order chi connectivity index (χ0) is 21.1. The number of hydrogen-bond donors (Lipinski definition) is 0. The Morgan fingerprint density at radius 3 is 2.47 bits per heavy atom. The highest BCUT2D eigenvalue weighted by molar-refractivity contribution is 7.22. The number of hydrogen-bond acceptors (Lipinski definition) is 4. The van der Waals surface area contributed by atoms with Gasteiger partial charge in [0.05, 0.1) is 24.8 Å². The second-order valence-electron chi connectivity index (χ2n) is 6.72. The summed E-state index contributed by atoms with van der Waals surface area (Å²) in [6.07, 6.45) is 0.142. The SMILES string of the molecule is COc1ccc(CC(=O)N(Cc2ccccc2)c2nc3c(F)cc(F)cc3s2)cc1. The van der Waals surface area contributed by atoms with Crippen molar-refractivity contribution in [2.75, 3.05) is 12.0 Å². The van der Waals surface area contributed by atoms with Crippen LogP contribution in [0.2, 0.25) is 0 Å². The number of carbonyl (C=O) groups is 1. The maximum Gasteiger partial charge on any atom is 0.233 e. The highest BCUT2D eigenvalue weighted by Crippen LogP contribution is 2.32. The Bertz CT molecular complexity index is 1180. The van der Waals surface area contributed by atoms with Crippen molar-refractivity contribution in [2.45, 2.75) is 13.0 Å². The molecule has 0 radical (unpaired) electrons. The fraction of sp³-hybridized carbons (Fsp3) is 0.130. The number of amides is 1. The van der Waals surface area contributed by atoms with Gasteiger partial charge < -0.3 is 4.74 Å². The van der Waals surface area contributed by atoms with Crippen molar-refractivity contribution >= 4 is 32.6 Å². The quantitative estimate of drug-likeness (QED) is 0.419. The van der Waals surface area contributed by atoms with Gasteiger partial charge in [-0.15, -0.1) is 0 Å². The average Bonchev–Trinajstić information content (AvgIpc) is 3.17.